The monoisotopic (exact) mass is 350 g/mol. The molecule has 4 rings (SSSR count). The quantitative estimate of drug-likeness (QED) is 0.848. The molecule has 4 heterocycles. The Labute approximate surface area is 155 Å². The molecule has 0 aliphatic carbocycles. The second-order valence-corrected chi connectivity index (χ2v) is 7.29. The summed E-state index contributed by atoms with van der Waals surface area (Å²) in [6.45, 7) is 3.72. The lowest BCUT2D eigenvalue weighted by molar-refractivity contribution is 0.243. The molecule has 2 aromatic rings. The first-order chi connectivity index (χ1) is 12.7. The topological polar surface area (TPSA) is 57.5 Å². The van der Waals surface area contributed by atoms with E-state index in [9.17, 15) is 0 Å². The molecule has 0 spiro atoms. The fourth-order valence-electron chi connectivity index (χ4n) is 3.73. The normalized spacial score (nSPS) is 17.5. The Morgan fingerprint density at radius 2 is 2.08 bits per heavy atom. The van der Waals surface area contributed by atoms with Crippen LogP contribution in [0.5, 0.6) is 0 Å². The van der Waals surface area contributed by atoms with Gasteiger partial charge in [-0.25, -0.2) is 15.0 Å². The third-order valence-corrected chi connectivity index (χ3v) is 5.08. The highest BCUT2D eigenvalue weighted by molar-refractivity contribution is 5.97. The lowest BCUT2D eigenvalue weighted by atomic mass is 10.0. The van der Waals surface area contributed by atoms with Crippen molar-refractivity contribution in [1.29, 1.82) is 0 Å². The molecule has 6 heteroatoms. The Hall–Kier alpha value is -2.34. The highest BCUT2D eigenvalue weighted by atomic mass is 15.2. The first-order valence-electron chi connectivity index (χ1n) is 9.43. The predicted octanol–water partition coefficient (Wildman–Crippen LogP) is 2.47. The summed E-state index contributed by atoms with van der Waals surface area (Å²) >= 11 is 0. The fraction of sp³-hybridized carbons (Fsp3) is 0.500. The molecule has 2 aromatic heterocycles. The van der Waals surface area contributed by atoms with E-state index in [2.05, 4.69) is 30.8 Å². The van der Waals surface area contributed by atoms with E-state index in [0.717, 1.165) is 56.4 Å². The van der Waals surface area contributed by atoms with Gasteiger partial charge in [0.15, 0.2) is 5.82 Å². The number of rotatable bonds is 4. The molecular formula is C20H26N6. The highest BCUT2D eigenvalue weighted by Crippen LogP contribution is 2.22. The van der Waals surface area contributed by atoms with Crippen molar-refractivity contribution in [2.75, 3.05) is 32.1 Å². The standard InChI is InChI=1S/C20H26N6/c1-25(2)20-15(6-5-10-22-20)13-26-11-8-17-16(14-26)12-23-19(24-17)18-7-3-4-9-21-18/h5-6,10,12H,3-4,7-9,11,13-14H2,1-2H3. The van der Waals surface area contributed by atoms with Gasteiger partial charge in [-0.05, 0) is 25.3 Å². The van der Waals surface area contributed by atoms with E-state index in [1.165, 1.54) is 29.7 Å². The van der Waals surface area contributed by atoms with Crippen LogP contribution in [0.2, 0.25) is 0 Å². The molecule has 136 valence electrons. The third-order valence-electron chi connectivity index (χ3n) is 5.08. The number of fused-ring (bicyclic) bond motifs is 1. The van der Waals surface area contributed by atoms with Gasteiger partial charge in [0.25, 0.3) is 0 Å². The maximum Gasteiger partial charge on any atom is 0.173 e. The van der Waals surface area contributed by atoms with Gasteiger partial charge in [0.2, 0.25) is 0 Å². The lowest BCUT2D eigenvalue weighted by Crippen LogP contribution is -2.32. The minimum Gasteiger partial charge on any atom is -0.362 e. The van der Waals surface area contributed by atoms with Crippen molar-refractivity contribution in [3.63, 3.8) is 0 Å². The Morgan fingerprint density at radius 3 is 2.88 bits per heavy atom. The summed E-state index contributed by atoms with van der Waals surface area (Å²) in [5, 5.41) is 0. The highest BCUT2D eigenvalue weighted by Gasteiger charge is 2.21. The molecule has 0 saturated carbocycles. The van der Waals surface area contributed by atoms with Crippen LogP contribution in [0.25, 0.3) is 0 Å². The largest absolute Gasteiger partial charge is 0.362 e. The van der Waals surface area contributed by atoms with Crippen molar-refractivity contribution < 1.29 is 0 Å². The van der Waals surface area contributed by atoms with E-state index in [1.54, 1.807) is 0 Å². The average Bonchev–Trinajstić information content (AvgIpc) is 2.68. The van der Waals surface area contributed by atoms with Crippen LogP contribution in [0.1, 0.15) is 41.9 Å². The summed E-state index contributed by atoms with van der Waals surface area (Å²) in [5.41, 5.74) is 4.78. The van der Waals surface area contributed by atoms with E-state index >= 15 is 0 Å². The Bertz CT molecular complexity index is 814. The number of hydrogen-bond donors (Lipinski definition) is 0. The number of nitrogens with zero attached hydrogens (tertiary/aromatic N) is 6. The number of anilines is 1. The fourth-order valence-corrected chi connectivity index (χ4v) is 3.73. The Balaban J connectivity index is 1.49. The Morgan fingerprint density at radius 1 is 1.15 bits per heavy atom. The average molecular weight is 350 g/mol. The van der Waals surface area contributed by atoms with Gasteiger partial charge in [-0.3, -0.25) is 9.89 Å². The van der Waals surface area contributed by atoms with Crippen LogP contribution in [-0.4, -0.2) is 52.7 Å². The zero-order valence-corrected chi connectivity index (χ0v) is 15.6. The van der Waals surface area contributed by atoms with Crippen molar-refractivity contribution in [2.24, 2.45) is 4.99 Å². The molecule has 0 atom stereocenters. The van der Waals surface area contributed by atoms with Crippen molar-refractivity contribution in [3.05, 3.63) is 47.2 Å². The third kappa shape index (κ3) is 3.60. The summed E-state index contributed by atoms with van der Waals surface area (Å²) in [7, 11) is 4.08. The molecule has 0 unspecified atom stereocenters. The smallest absolute Gasteiger partial charge is 0.173 e. The predicted molar refractivity (Wildman–Crippen MR) is 104 cm³/mol. The van der Waals surface area contributed by atoms with Crippen molar-refractivity contribution in [1.82, 2.24) is 19.9 Å². The van der Waals surface area contributed by atoms with Crippen LogP contribution in [0, 0.1) is 0 Å². The van der Waals surface area contributed by atoms with Crippen LogP contribution < -0.4 is 4.90 Å². The molecule has 0 saturated heterocycles. The van der Waals surface area contributed by atoms with E-state index in [-0.39, 0.29) is 0 Å². The second kappa shape index (κ2) is 7.50. The molecular weight excluding hydrogens is 324 g/mol. The zero-order chi connectivity index (χ0) is 17.9. The first kappa shape index (κ1) is 17.1. The second-order valence-electron chi connectivity index (χ2n) is 7.29. The molecule has 0 fully saturated rings. The lowest BCUT2D eigenvalue weighted by Gasteiger charge is -2.29. The molecule has 0 aromatic carbocycles. The van der Waals surface area contributed by atoms with Crippen LogP contribution in [0.15, 0.2) is 29.5 Å². The van der Waals surface area contributed by atoms with Gasteiger partial charge in [-0.15, -0.1) is 0 Å². The van der Waals surface area contributed by atoms with Gasteiger partial charge in [-0.2, -0.15) is 0 Å². The molecule has 2 aliphatic heterocycles. The van der Waals surface area contributed by atoms with Gasteiger partial charge in [0.1, 0.15) is 5.82 Å². The molecule has 6 nitrogen and oxygen atoms in total. The summed E-state index contributed by atoms with van der Waals surface area (Å²) in [5.74, 6) is 1.89. The Kier molecular flexibility index (Phi) is 4.93. The van der Waals surface area contributed by atoms with Gasteiger partial charge in [0, 0.05) is 70.2 Å². The summed E-state index contributed by atoms with van der Waals surface area (Å²) in [4.78, 5) is 23.1. The van der Waals surface area contributed by atoms with Crippen LogP contribution in [-0.2, 0) is 19.5 Å². The number of hydrogen-bond acceptors (Lipinski definition) is 6. The number of aliphatic imine (C=N–C) groups is 1. The van der Waals surface area contributed by atoms with Crippen LogP contribution in [0.3, 0.4) is 0 Å². The summed E-state index contributed by atoms with van der Waals surface area (Å²) in [6, 6.07) is 4.18. The van der Waals surface area contributed by atoms with Gasteiger partial charge in [-0.1, -0.05) is 6.07 Å². The summed E-state index contributed by atoms with van der Waals surface area (Å²) < 4.78 is 0. The SMILES string of the molecule is CN(C)c1ncccc1CN1CCc2nc(C3=NCCCC3)ncc2C1. The molecule has 0 radical (unpaired) electrons. The maximum atomic E-state index is 4.84. The zero-order valence-electron chi connectivity index (χ0n) is 15.6. The maximum absolute atomic E-state index is 4.84. The van der Waals surface area contributed by atoms with Gasteiger partial charge >= 0.3 is 0 Å². The minimum absolute atomic E-state index is 0.846. The van der Waals surface area contributed by atoms with Crippen molar-refractivity contribution in [3.8, 4) is 0 Å². The molecule has 0 N–H and O–H groups in total. The molecule has 0 bridgehead atoms. The minimum atomic E-state index is 0.846. The molecule has 0 amide bonds. The van der Waals surface area contributed by atoms with E-state index < -0.39 is 0 Å². The molecule has 26 heavy (non-hydrogen) atoms. The summed E-state index contributed by atoms with van der Waals surface area (Å²) in [6.07, 6.45) is 8.23. The van der Waals surface area contributed by atoms with Crippen molar-refractivity contribution in [2.45, 2.75) is 38.8 Å². The van der Waals surface area contributed by atoms with Gasteiger partial charge in [0.05, 0.1) is 11.4 Å². The molecule has 2 aliphatic rings. The first-order valence-corrected chi connectivity index (χ1v) is 9.43. The van der Waals surface area contributed by atoms with Crippen LogP contribution >= 0.6 is 0 Å². The van der Waals surface area contributed by atoms with E-state index in [4.69, 9.17) is 4.98 Å². The van der Waals surface area contributed by atoms with E-state index in [0.29, 0.717) is 0 Å². The van der Waals surface area contributed by atoms with E-state index in [1.807, 2.05) is 32.6 Å². The van der Waals surface area contributed by atoms with Crippen LogP contribution in [0.4, 0.5) is 5.82 Å². The number of aromatic nitrogens is 3. The van der Waals surface area contributed by atoms with Gasteiger partial charge < -0.3 is 4.90 Å². The number of pyridine rings is 1. The van der Waals surface area contributed by atoms with Crippen molar-refractivity contribution >= 4 is 11.5 Å².